The number of halogens is 1. The molecule has 0 radical (unpaired) electrons. The van der Waals surface area contributed by atoms with E-state index in [2.05, 4.69) is 20.4 Å². The van der Waals surface area contributed by atoms with E-state index in [9.17, 15) is 0 Å². The molecular formula is C15H13ClN4O. The SMILES string of the molecule is Clc1cccc(-c2noc(NCCc3ccccn3)n2)c1. The molecule has 5 nitrogen and oxygen atoms in total. The number of rotatable bonds is 5. The van der Waals surface area contributed by atoms with E-state index >= 15 is 0 Å². The van der Waals surface area contributed by atoms with Gasteiger partial charge in [-0.3, -0.25) is 4.98 Å². The van der Waals surface area contributed by atoms with Crippen LogP contribution in [0.25, 0.3) is 11.4 Å². The summed E-state index contributed by atoms with van der Waals surface area (Å²) in [6.07, 6.45) is 2.56. The molecule has 1 N–H and O–H groups in total. The Labute approximate surface area is 127 Å². The quantitative estimate of drug-likeness (QED) is 0.782. The van der Waals surface area contributed by atoms with E-state index in [0.29, 0.717) is 23.4 Å². The normalized spacial score (nSPS) is 10.5. The van der Waals surface area contributed by atoms with Gasteiger partial charge in [0.1, 0.15) is 0 Å². The van der Waals surface area contributed by atoms with Crippen molar-refractivity contribution in [2.45, 2.75) is 6.42 Å². The van der Waals surface area contributed by atoms with Crippen LogP contribution in [0.2, 0.25) is 5.02 Å². The minimum absolute atomic E-state index is 0.390. The van der Waals surface area contributed by atoms with Gasteiger partial charge in [-0.05, 0) is 24.3 Å². The molecule has 0 aliphatic carbocycles. The zero-order chi connectivity index (χ0) is 14.5. The first-order chi connectivity index (χ1) is 10.3. The second-order valence-corrected chi connectivity index (χ2v) is 4.87. The van der Waals surface area contributed by atoms with Gasteiger partial charge in [0, 0.05) is 35.4 Å². The molecule has 0 atom stereocenters. The fraction of sp³-hybridized carbons (Fsp3) is 0.133. The van der Waals surface area contributed by atoms with E-state index in [1.807, 2.05) is 30.3 Å². The number of aromatic nitrogens is 3. The fourth-order valence-electron chi connectivity index (χ4n) is 1.88. The number of anilines is 1. The van der Waals surface area contributed by atoms with E-state index in [0.717, 1.165) is 17.7 Å². The van der Waals surface area contributed by atoms with Gasteiger partial charge in [-0.15, -0.1) is 0 Å². The first-order valence-corrected chi connectivity index (χ1v) is 6.92. The lowest BCUT2D eigenvalue weighted by atomic mass is 10.2. The molecule has 0 spiro atoms. The summed E-state index contributed by atoms with van der Waals surface area (Å²) < 4.78 is 5.16. The van der Waals surface area contributed by atoms with Crippen LogP contribution in [0.4, 0.5) is 6.01 Å². The molecule has 2 aromatic heterocycles. The third kappa shape index (κ3) is 3.58. The lowest BCUT2D eigenvalue weighted by Gasteiger charge is -2.00. The molecule has 1 aromatic carbocycles. The van der Waals surface area contributed by atoms with Gasteiger partial charge in [-0.1, -0.05) is 35.0 Å². The Kier molecular flexibility index (Phi) is 4.12. The first kappa shape index (κ1) is 13.6. The van der Waals surface area contributed by atoms with Gasteiger partial charge >= 0.3 is 6.01 Å². The van der Waals surface area contributed by atoms with Crippen molar-refractivity contribution in [3.63, 3.8) is 0 Å². The van der Waals surface area contributed by atoms with Crippen LogP contribution in [0.1, 0.15) is 5.69 Å². The van der Waals surface area contributed by atoms with Crippen LogP contribution in [-0.2, 0) is 6.42 Å². The number of hydrogen-bond acceptors (Lipinski definition) is 5. The van der Waals surface area contributed by atoms with Crippen molar-refractivity contribution in [2.75, 3.05) is 11.9 Å². The first-order valence-electron chi connectivity index (χ1n) is 6.55. The highest BCUT2D eigenvalue weighted by Crippen LogP contribution is 2.21. The third-order valence-electron chi connectivity index (χ3n) is 2.89. The van der Waals surface area contributed by atoms with Gasteiger partial charge < -0.3 is 9.84 Å². The molecule has 3 aromatic rings. The Hall–Kier alpha value is -2.40. The predicted molar refractivity (Wildman–Crippen MR) is 81.2 cm³/mol. The molecule has 2 heterocycles. The number of nitrogens with zero attached hydrogens (tertiary/aromatic N) is 3. The zero-order valence-electron chi connectivity index (χ0n) is 11.2. The number of nitrogens with one attached hydrogen (secondary N) is 1. The van der Waals surface area contributed by atoms with Crippen LogP contribution in [0.15, 0.2) is 53.2 Å². The molecule has 0 fully saturated rings. The topological polar surface area (TPSA) is 63.8 Å². The summed E-state index contributed by atoms with van der Waals surface area (Å²) in [5.74, 6) is 0.512. The molecule has 106 valence electrons. The Morgan fingerprint density at radius 1 is 1.14 bits per heavy atom. The van der Waals surface area contributed by atoms with Crippen LogP contribution in [0.5, 0.6) is 0 Å². The molecular weight excluding hydrogens is 288 g/mol. The second-order valence-electron chi connectivity index (χ2n) is 4.43. The van der Waals surface area contributed by atoms with Crippen molar-refractivity contribution in [1.29, 1.82) is 0 Å². The minimum Gasteiger partial charge on any atom is -0.337 e. The highest BCUT2D eigenvalue weighted by atomic mass is 35.5. The molecule has 6 heteroatoms. The maximum absolute atomic E-state index is 5.94. The molecule has 0 saturated carbocycles. The summed E-state index contributed by atoms with van der Waals surface area (Å²) >= 11 is 5.94. The minimum atomic E-state index is 0.390. The maximum atomic E-state index is 5.94. The molecule has 0 saturated heterocycles. The van der Waals surface area contributed by atoms with E-state index < -0.39 is 0 Å². The molecule has 0 amide bonds. The largest absolute Gasteiger partial charge is 0.337 e. The molecule has 3 rings (SSSR count). The summed E-state index contributed by atoms with van der Waals surface area (Å²) in [6, 6.07) is 13.6. The standard InChI is InChI=1S/C15H13ClN4O/c16-12-5-3-4-11(10-12)14-19-15(21-20-14)18-9-7-13-6-1-2-8-17-13/h1-6,8,10H,7,9H2,(H,18,19,20). The zero-order valence-corrected chi connectivity index (χ0v) is 11.9. The van der Waals surface area contributed by atoms with Gasteiger partial charge in [0.05, 0.1) is 0 Å². The highest BCUT2D eigenvalue weighted by molar-refractivity contribution is 6.30. The number of benzene rings is 1. The molecule has 0 unspecified atom stereocenters. The Morgan fingerprint density at radius 3 is 2.90 bits per heavy atom. The molecule has 0 aliphatic heterocycles. The van der Waals surface area contributed by atoms with Crippen LogP contribution in [0.3, 0.4) is 0 Å². The van der Waals surface area contributed by atoms with Crippen molar-refractivity contribution < 1.29 is 4.52 Å². The highest BCUT2D eigenvalue weighted by Gasteiger charge is 2.08. The summed E-state index contributed by atoms with van der Waals surface area (Å²) in [5, 5.41) is 7.66. The van der Waals surface area contributed by atoms with E-state index in [4.69, 9.17) is 16.1 Å². The molecule has 0 aliphatic rings. The van der Waals surface area contributed by atoms with Crippen molar-refractivity contribution in [1.82, 2.24) is 15.1 Å². The molecule has 0 bridgehead atoms. The van der Waals surface area contributed by atoms with Gasteiger partial charge in [-0.25, -0.2) is 0 Å². The average Bonchev–Trinajstić information content (AvgIpc) is 2.97. The van der Waals surface area contributed by atoms with E-state index in [1.54, 1.807) is 18.3 Å². The van der Waals surface area contributed by atoms with Crippen molar-refractivity contribution >= 4 is 17.6 Å². The average molecular weight is 301 g/mol. The van der Waals surface area contributed by atoms with Crippen molar-refractivity contribution in [3.8, 4) is 11.4 Å². The van der Waals surface area contributed by atoms with Crippen LogP contribution < -0.4 is 5.32 Å². The van der Waals surface area contributed by atoms with Crippen LogP contribution >= 0.6 is 11.6 Å². The van der Waals surface area contributed by atoms with Crippen molar-refractivity contribution in [3.05, 3.63) is 59.4 Å². The summed E-state index contributed by atoms with van der Waals surface area (Å²) in [7, 11) is 0. The molecule has 21 heavy (non-hydrogen) atoms. The third-order valence-corrected chi connectivity index (χ3v) is 3.13. The summed E-state index contributed by atoms with van der Waals surface area (Å²) in [5.41, 5.74) is 1.84. The number of hydrogen-bond donors (Lipinski definition) is 1. The fourth-order valence-corrected chi connectivity index (χ4v) is 2.07. The maximum Gasteiger partial charge on any atom is 0.321 e. The van der Waals surface area contributed by atoms with Crippen LogP contribution in [0, 0.1) is 0 Å². The number of pyridine rings is 1. The van der Waals surface area contributed by atoms with E-state index in [-0.39, 0.29) is 0 Å². The van der Waals surface area contributed by atoms with Gasteiger partial charge in [0.15, 0.2) is 0 Å². The monoisotopic (exact) mass is 300 g/mol. The Bertz CT molecular complexity index is 714. The van der Waals surface area contributed by atoms with Gasteiger partial charge in [0.2, 0.25) is 5.82 Å². The smallest absolute Gasteiger partial charge is 0.321 e. The lowest BCUT2D eigenvalue weighted by molar-refractivity contribution is 0.432. The Morgan fingerprint density at radius 2 is 2.10 bits per heavy atom. The predicted octanol–water partition coefficient (Wildman–Crippen LogP) is 3.44. The second kappa shape index (κ2) is 6.37. The van der Waals surface area contributed by atoms with Crippen molar-refractivity contribution in [2.24, 2.45) is 0 Å². The summed E-state index contributed by atoms with van der Waals surface area (Å²) in [6.45, 7) is 0.675. The van der Waals surface area contributed by atoms with Gasteiger partial charge in [-0.2, -0.15) is 4.98 Å². The summed E-state index contributed by atoms with van der Waals surface area (Å²) in [4.78, 5) is 8.54. The van der Waals surface area contributed by atoms with Gasteiger partial charge in [0.25, 0.3) is 0 Å². The van der Waals surface area contributed by atoms with Crippen LogP contribution in [-0.4, -0.2) is 21.7 Å². The lowest BCUT2D eigenvalue weighted by Crippen LogP contribution is -2.05. The van der Waals surface area contributed by atoms with E-state index in [1.165, 1.54) is 0 Å². The Balaban J connectivity index is 1.60.